The normalized spacial score (nSPS) is 14.7. The van der Waals surface area contributed by atoms with Gasteiger partial charge in [0.25, 0.3) is 0 Å². The Bertz CT molecular complexity index is 352. The Morgan fingerprint density at radius 1 is 1.41 bits per heavy atom. The van der Waals surface area contributed by atoms with Gasteiger partial charge in [-0.2, -0.15) is 0 Å². The van der Waals surface area contributed by atoms with Crippen molar-refractivity contribution in [1.82, 2.24) is 0 Å². The number of hydrogen-bond donors (Lipinski definition) is 1. The van der Waals surface area contributed by atoms with Crippen LogP contribution in [0.4, 0.5) is 0 Å². The molecule has 17 heavy (non-hydrogen) atoms. The Kier molecular flexibility index (Phi) is 5.47. The Labute approximate surface area is 112 Å². The highest BCUT2D eigenvalue weighted by Gasteiger charge is 2.28. The summed E-state index contributed by atoms with van der Waals surface area (Å²) in [4.78, 5) is 0. The molecule has 0 saturated heterocycles. The van der Waals surface area contributed by atoms with E-state index in [9.17, 15) is 5.11 Å². The minimum absolute atomic E-state index is 0.249. The van der Waals surface area contributed by atoms with Gasteiger partial charge in [0, 0.05) is 10.9 Å². The van der Waals surface area contributed by atoms with Crippen molar-refractivity contribution in [3.63, 3.8) is 0 Å². The van der Waals surface area contributed by atoms with Crippen LogP contribution in [0.1, 0.15) is 33.6 Å². The number of ether oxygens (including phenoxy) is 1. The van der Waals surface area contributed by atoms with E-state index in [1.165, 1.54) is 0 Å². The van der Waals surface area contributed by atoms with Crippen molar-refractivity contribution in [1.29, 1.82) is 0 Å². The van der Waals surface area contributed by atoms with Crippen molar-refractivity contribution >= 4 is 15.9 Å². The third kappa shape index (κ3) is 4.32. The summed E-state index contributed by atoms with van der Waals surface area (Å²) >= 11 is 3.40. The summed E-state index contributed by atoms with van der Waals surface area (Å²) < 4.78 is 6.65. The minimum Gasteiger partial charge on any atom is -0.493 e. The second-order valence-corrected chi connectivity index (χ2v) is 5.58. The first-order chi connectivity index (χ1) is 7.98. The average molecular weight is 301 g/mol. The van der Waals surface area contributed by atoms with E-state index < -0.39 is 5.60 Å². The zero-order valence-corrected chi connectivity index (χ0v) is 12.3. The topological polar surface area (TPSA) is 29.5 Å². The first-order valence-corrected chi connectivity index (χ1v) is 6.88. The van der Waals surface area contributed by atoms with Crippen LogP contribution in [0.5, 0.6) is 5.75 Å². The van der Waals surface area contributed by atoms with Gasteiger partial charge < -0.3 is 9.84 Å². The lowest BCUT2D eigenvalue weighted by atomic mass is 9.85. The van der Waals surface area contributed by atoms with E-state index in [1.54, 1.807) is 0 Å². The number of halogens is 1. The fourth-order valence-electron chi connectivity index (χ4n) is 1.78. The lowest BCUT2D eigenvalue weighted by Gasteiger charge is -2.30. The Hall–Kier alpha value is -0.540. The van der Waals surface area contributed by atoms with Crippen molar-refractivity contribution < 1.29 is 9.84 Å². The number of hydrogen-bond acceptors (Lipinski definition) is 2. The zero-order valence-electron chi connectivity index (χ0n) is 10.7. The molecule has 0 fully saturated rings. The number of aliphatic hydroxyl groups is 1. The molecule has 1 rings (SSSR count). The molecule has 1 aromatic rings. The summed E-state index contributed by atoms with van der Waals surface area (Å²) in [6, 6.07) is 7.75. The van der Waals surface area contributed by atoms with Crippen LogP contribution in [-0.4, -0.2) is 17.3 Å². The van der Waals surface area contributed by atoms with Crippen LogP contribution >= 0.6 is 15.9 Å². The van der Waals surface area contributed by atoms with Gasteiger partial charge in [-0.1, -0.05) is 42.8 Å². The van der Waals surface area contributed by atoms with Crippen LogP contribution in [0.2, 0.25) is 0 Å². The molecule has 96 valence electrons. The summed E-state index contributed by atoms with van der Waals surface area (Å²) in [6.07, 6.45) is 1.42. The molecular formula is C14H21BrO2. The third-order valence-electron chi connectivity index (χ3n) is 3.29. The molecule has 1 unspecified atom stereocenters. The Balaban J connectivity index is 2.47. The standard InChI is InChI=1S/C14H21BrO2/c1-4-14(16,11(2)3)8-9-17-13-7-5-6-12(15)10-13/h5-7,10-11,16H,4,8-9H2,1-3H3. The smallest absolute Gasteiger partial charge is 0.120 e. The van der Waals surface area contributed by atoms with Gasteiger partial charge in [0.15, 0.2) is 0 Å². The van der Waals surface area contributed by atoms with Crippen molar-refractivity contribution in [2.75, 3.05) is 6.61 Å². The molecule has 1 N–H and O–H groups in total. The molecule has 0 amide bonds. The lowest BCUT2D eigenvalue weighted by molar-refractivity contribution is -0.0259. The van der Waals surface area contributed by atoms with E-state index >= 15 is 0 Å². The first kappa shape index (κ1) is 14.5. The van der Waals surface area contributed by atoms with Gasteiger partial charge >= 0.3 is 0 Å². The molecule has 0 aliphatic carbocycles. The molecule has 3 heteroatoms. The molecule has 2 nitrogen and oxygen atoms in total. The van der Waals surface area contributed by atoms with Gasteiger partial charge in [-0.05, 0) is 30.5 Å². The molecule has 0 radical (unpaired) electrons. The van der Waals surface area contributed by atoms with Crippen LogP contribution in [0.3, 0.4) is 0 Å². The summed E-state index contributed by atoms with van der Waals surface area (Å²) in [5.74, 6) is 1.08. The highest BCUT2D eigenvalue weighted by atomic mass is 79.9. The fourth-order valence-corrected chi connectivity index (χ4v) is 2.15. The molecule has 0 aromatic heterocycles. The predicted octanol–water partition coefficient (Wildman–Crippen LogP) is 4.02. The van der Waals surface area contributed by atoms with Crippen LogP contribution < -0.4 is 4.74 Å². The summed E-state index contributed by atoms with van der Waals surface area (Å²) in [5, 5.41) is 10.3. The predicted molar refractivity (Wildman–Crippen MR) is 74.3 cm³/mol. The maximum Gasteiger partial charge on any atom is 0.120 e. The van der Waals surface area contributed by atoms with Crippen LogP contribution in [-0.2, 0) is 0 Å². The number of benzene rings is 1. The Morgan fingerprint density at radius 3 is 2.65 bits per heavy atom. The molecule has 0 heterocycles. The summed E-state index contributed by atoms with van der Waals surface area (Å²) in [7, 11) is 0. The first-order valence-electron chi connectivity index (χ1n) is 6.08. The van der Waals surface area contributed by atoms with Crippen LogP contribution in [0, 0.1) is 5.92 Å². The van der Waals surface area contributed by atoms with Crippen LogP contribution in [0.25, 0.3) is 0 Å². The van der Waals surface area contributed by atoms with E-state index in [1.807, 2.05) is 45.0 Å². The maximum absolute atomic E-state index is 10.3. The van der Waals surface area contributed by atoms with E-state index in [2.05, 4.69) is 15.9 Å². The largest absolute Gasteiger partial charge is 0.493 e. The summed E-state index contributed by atoms with van der Waals surface area (Å²) in [6.45, 7) is 6.64. The molecular weight excluding hydrogens is 280 g/mol. The van der Waals surface area contributed by atoms with Gasteiger partial charge in [0.2, 0.25) is 0 Å². The Morgan fingerprint density at radius 2 is 2.12 bits per heavy atom. The van der Waals surface area contributed by atoms with Crippen molar-refractivity contribution in [3.8, 4) is 5.75 Å². The third-order valence-corrected chi connectivity index (χ3v) is 3.78. The van der Waals surface area contributed by atoms with E-state index in [4.69, 9.17) is 4.74 Å². The molecule has 0 aliphatic heterocycles. The second-order valence-electron chi connectivity index (χ2n) is 4.67. The zero-order chi connectivity index (χ0) is 12.9. The van der Waals surface area contributed by atoms with Gasteiger partial charge in [0.05, 0.1) is 12.2 Å². The fraction of sp³-hybridized carbons (Fsp3) is 0.571. The van der Waals surface area contributed by atoms with Crippen LogP contribution in [0.15, 0.2) is 28.7 Å². The number of rotatable bonds is 6. The van der Waals surface area contributed by atoms with E-state index in [-0.39, 0.29) is 5.92 Å². The highest BCUT2D eigenvalue weighted by molar-refractivity contribution is 9.10. The second kappa shape index (κ2) is 6.41. The highest BCUT2D eigenvalue weighted by Crippen LogP contribution is 2.25. The monoisotopic (exact) mass is 300 g/mol. The molecule has 0 spiro atoms. The van der Waals surface area contributed by atoms with Crippen molar-refractivity contribution in [2.45, 2.75) is 39.2 Å². The molecule has 1 atom stereocenters. The maximum atomic E-state index is 10.3. The quantitative estimate of drug-likeness (QED) is 0.860. The van der Waals surface area contributed by atoms with Gasteiger partial charge in [0.1, 0.15) is 5.75 Å². The molecule has 0 bridgehead atoms. The van der Waals surface area contributed by atoms with Gasteiger partial charge in [-0.15, -0.1) is 0 Å². The minimum atomic E-state index is -0.619. The molecule has 1 aromatic carbocycles. The van der Waals surface area contributed by atoms with E-state index in [0.717, 1.165) is 16.6 Å². The van der Waals surface area contributed by atoms with Crippen molar-refractivity contribution in [2.24, 2.45) is 5.92 Å². The molecule has 0 saturated carbocycles. The van der Waals surface area contributed by atoms with E-state index in [0.29, 0.717) is 13.0 Å². The van der Waals surface area contributed by atoms with Gasteiger partial charge in [-0.25, -0.2) is 0 Å². The SMILES string of the molecule is CCC(O)(CCOc1cccc(Br)c1)C(C)C. The molecule has 0 aliphatic rings. The summed E-state index contributed by atoms with van der Waals surface area (Å²) in [5.41, 5.74) is -0.619. The average Bonchev–Trinajstić information content (AvgIpc) is 2.28. The lowest BCUT2D eigenvalue weighted by Crippen LogP contribution is -2.35. The van der Waals surface area contributed by atoms with Crippen molar-refractivity contribution in [3.05, 3.63) is 28.7 Å². The van der Waals surface area contributed by atoms with Gasteiger partial charge in [-0.3, -0.25) is 0 Å².